The monoisotopic (exact) mass is 373 g/mol. The Morgan fingerprint density at radius 2 is 1.74 bits per heavy atom. The molecule has 0 bridgehead atoms. The Balaban J connectivity index is 2.91. The Bertz CT molecular complexity index is 726. The standard InChI is InChI=1S/C21H27NO5/c1-7-12-22(14-18(23)27-21(3,4)5)19(24)15(2)13-16-8-10-17(11-9-16)20(25)26-6/h7-11,13H,1,12,14H2,2-6H3/b15-13+. The summed E-state index contributed by atoms with van der Waals surface area (Å²) in [7, 11) is 1.32. The van der Waals surface area contributed by atoms with Crippen LogP contribution in [0.2, 0.25) is 0 Å². The van der Waals surface area contributed by atoms with E-state index in [9.17, 15) is 14.4 Å². The van der Waals surface area contributed by atoms with Gasteiger partial charge in [0, 0.05) is 12.1 Å². The van der Waals surface area contributed by atoms with Gasteiger partial charge in [0.15, 0.2) is 0 Å². The molecule has 6 nitrogen and oxygen atoms in total. The van der Waals surface area contributed by atoms with Gasteiger partial charge in [-0.25, -0.2) is 4.79 Å². The zero-order valence-electron chi connectivity index (χ0n) is 16.6. The Kier molecular flexibility index (Phi) is 7.97. The molecule has 1 rings (SSSR count). The van der Waals surface area contributed by atoms with Crippen LogP contribution in [0, 0.1) is 0 Å². The van der Waals surface area contributed by atoms with Crippen molar-refractivity contribution in [2.24, 2.45) is 0 Å². The molecule has 0 fully saturated rings. The zero-order chi connectivity index (χ0) is 20.6. The summed E-state index contributed by atoms with van der Waals surface area (Å²) in [5.74, 6) is -1.20. The Labute approximate surface area is 160 Å². The Morgan fingerprint density at radius 1 is 1.15 bits per heavy atom. The molecule has 0 N–H and O–H groups in total. The second-order valence-corrected chi connectivity index (χ2v) is 7.00. The van der Waals surface area contributed by atoms with Crippen molar-refractivity contribution in [3.05, 3.63) is 53.6 Å². The van der Waals surface area contributed by atoms with Crippen LogP contribution in [-0.4, -0.2) is 48.5 Å². The first kappa shape index (κ1) is 22.2. The molecule has 0 aromatic heterocycles. The number of methoxy groups -OCH3 is 1. The van der Waals surface area contributed by atoms with Gasteiger partial charge in [0.1, 0.15) is 12.1 Å². The summed E-state index contributed by atoms with van der Waals surface area (Å²) in [5, 5.41) is 0. The van der Waals surface area contributed by atoms with Crippen LogP contribution in [-0.2, 0) is 19.1 Å². The SMILES string of the molecule is C=CCN(CC(=O)OC(C)(C)C)C(=O)/C(C)=C/c1ccc(C(=O)OC)cc1. The quantitative estimate of drug-likeness (QED) is 0.417. The van der Waals surface area contributed by atoms with Gasteiger partial charge in [-0.15, -0.1) is 6.58 Å². The maximum absolute atomic E-state index is 12.7. The fourth-order valence-corrected chi connectivity index (χ4v) is 2.30. The first-order valence-corrected chi connectivity index (χ1v) is 8.56. The molecule has 0 spiro atoms. The predicted molar refractivity (Wildman–Crippen MR) is 104 cm³/mol. The first-order chi connectivity index (χ1) is 12.6. The molecular formula is C21H27NO5. The third kappa shape index (κ3) is 7.48. The largest absolute Gasteiger partial charge is 0.465 e. The second kappa shape index (κ2) is 9.71. The molecule has 0 saturated heterocycles. The smallest absolute Gasteiger partial charge is 0.337 e. The minimum Gasteiger partial charge on any atom is -0.465 e. The van der Waals surface area contributed by atoms with Crippen LogP contribution in [0.3, 0.4) is 0 Å². The number of esters is 2. The first-order valence-electron chi connectivity index (χ1n) is 8.56. The van der Waals surface area contributed by atoms with E-state index in [-0.39, 0.29) is 19.0 Å². The van der Waals surface area contributed by atoms with Crippen molar-refractivity contribution in [3.8, 4) is 0 Å². The molecule has 0 heterocycles. The molecule has 0 atom stereocenters. The number of benzene rings is 1. The van der Waals surface area contributed by atoms with E-state index in [1.165, 1.54) is 12.0 Å². The maximum Gasteiger partial charge on any atom is 0.337 e. The third-order valence-electron chi connectivity index (χ3n) is 3.43. The molecule has 0 aliphatic rings. The summed E-state index contributed by atoms with van der Waals surface area (Å²) < 4.78 is 9.94. The molecule has 1 aromatic carbocycles. The lowest BCUT2D eigenvalue weighted by molar-refractivity contribution is -0.158. The zero-order valence-corrected chi connectivity index (χ0v) is 16.6. The second-order valence-electron chi connectivity index (χ2n) is 7.00. The molecule has 0 aliphatic carbocycles. The summed E-state index contributed by atoms with van der Waals surface area (Å²) in [6, 6.07) is 6.68. The van der Waals surface area contributed by atoms with E-state index in [4.69, 9.17) is 4.74 Å². The van der Waals surface area contributed by atoms with Crippen LogP contribution in [0.5, 0.6) is 0 Å². The van der Waals surface area contributed by atoms with Gasteiger partial charge in [0.2, 0.25) is 5.91 Å². The van der Waals surface area contributed by atoms with Crippen LogP contribution >= 0.6 is 0 Å². The number of rotatable bonds is 7. The number of carbonyl (C=O) groups excluding carboxylic acids is 3. The van der Waals surface area contributed by atoms with Gasteiger partial charge in [0.25, 0.3) is 0 Å². The van der Waals surface area contributed by atoms with Gasteiger partial charge >= 0.3 is 11.9 Å². The Hall–Kier alpha value is -2.89. The maximum atomic E-state index is 12.7. The molecule has 6 heteroatoms. The number of hydrogen-bond acceptors (Lipinski definition) is 5. The van der Waals surface area contributed by atoms with Gasteiger partial charge < -0.3 is 14.4 Å². The lowest BCUT2D eigenvalue weighted by Gasteiger charge is -2.24. The van der Waals surface area contributed by atoms with Gasteiger partial charge in [-0.3, -0.25) is 9.59 Å². The molecule has 0 radical (unpaired) electrons. The highest BCUT2D eigenvalue weighted by Gasteiger charge is 2.22. The molecule has 0 aliphatic heterocycles. The molecule has 27 heavy (non-hydrogen) atoms. The molecule has 1 aromatic rings. The molecule has 0 saturated carbocycles. The molecular weight excluding hydrogens is 346 g/mol. The van der Waals surface area contributed by atoms with Gasteiger partial charge in [-0.05, 0) is 51.5 Å². The van der Waals surface area contributed by atoms with Crippen LogP contribution < -0.4 is 0 Å². The Morgan fingerprint density at radius 3 is 2.22 bits per heavy atom. The fourth-order valence-electron chi connectivity index (χ4n) is 2.30. The summed E-state index contributed by atoms with van der Waals surface area (Å²) in [6.07, 6.45) is 3.25. The summed E-state index contributed by atoms with van der Waals surface area (Å²) in [4.78, 5) is 37.6. The topological polar surface area (TPSA) is 72.9 Å². The lowest BCUT2D eigenvalue weighted by Crippen LogP contribution is -2.39. The van der Waals surface area contributed by atoms with Crippen molar-refractivity contribution < 1.29 is 23.9 Å². The minimum atomic E-state index is -0.619. The summed E-state index contributed by atoms with van der Waals surface area (Å²) in [5.41, 5.74) is 1.01. The van der Waals surface area contributed by atoms with Crippen LogP contribution in [0.1, 0.15) is 43.6 Å². The third-order valence-corrected chi connectivity index (χ3v) is 3.43. The summed E-state index contributed by atoms with van der Waals surface area (Å²) >= 11 is 0. The van der Waals surface area contributed by atoms with Crippen molar-refractivity contribution in [3.63, 3.8) is 0 Å². The van der Waals surface area contributed by atoms with E-state index in [0.29, 0.717) is 11.1 Å². The molecule has 1 amide bonds. The van der Waals surface area contributed by atoms with Crippen LogP contribution in [0.4, 0.5) is 0 Å². The minimum absolute atomic E-state index is 0.158. The lowest BCUT2D eigenvalue weighted by atomic mass is 10.1. The average molecular weight is 373 g/mol. The van der Waals surface area contributed by atoms with E-state index in [2.05, 4.69) is 11.3 Å². The van der Waals surface area contributed by atoms with Crippen molar-refractivity contribution >= 4 is 23.9 Å². The molecule has 146 valence electrons. The van der Waals surface area contributed by atoms with Crippen molar-refractivity contribution in [1.82, 2.24) is 4.90 Å². The highest BCUT2D eigenvalue weighted by Crippen LogP contribution is 2.13. The number of hydrogen-bond donors (Lipinski definition) is 0. The number of amides is 1. The summed E-state index contributed by atoms with van der Waals surface area (Å²) in [6.45, 7) is 10.7. The van der Waals surface area contributed by atoms with Gasteiger partial charge in [-0.2, -0.15) is 0 Å². The molecule has 0 unspecified atom stereocenters. The van der Waals surface area contributed by atoms with E-state index in [1.54, 1.807) is 64.1 Å². The average Bonchev–Trinajstić information content (AvgIpc) is 2.59. The number of nitrogens with zero attached hydrogens (tertiary/aromatic N) is 1. The van der Waals surface area contributed by atoms with Crippen LogP contribution in [0.15, 0.2) is 42.5 Å². The van der Waals surface area contributed by atoms with E-state index in [1.807, 2.05) is 0 Å². The number of ether oxygens (including phenoxy) is 2. The van der Waals surface area contributed by atoms with Gasteiger partial charge in [-0.1, -0.05) is 18.2 Å². The van der Waals surface area contributed by atoms with Crippen molar-refractivity contribution in [1.29, 1.82) is 0 Å². The van der Waals surface area contributed by atoms with E-state index < -0.39 is 17.5 Å². The number of carbonyl (C=O) groups is 3. The van der Waals surface area contributed by atoms with Crippen LogP contribution in [0.25, 0.3) is 6.08 Å². The van der Waals surface area contributed by atoms with E-state index in [0.717, 1.165) is 5.56 Å². The highest BCUT2D eigenvalue weighted by atomic mass is 16.6. The predicted octanol–water partition coefficient (Wildman–Crippen LogP) is 3.23. The normalized spacial score (nSPS) is 11.5. The van der Waals surface area contributed by atoms with Gasteiger partial charge in [0.05, 0.1) is 12.7 Å². The van der Waals surface area contributed by atoms with Crippen molar-refractivity contribution in [2.75, 3.05) is 20.2 Å². The van der Waals surface area contributed by atoms with Crippen molar-refractivity contribution in [2.45, 2.75) is 33.3 Å². The highest BCUT2D eigenvalue weighted by molar-refractivity contribution is 5.99. The van der Waals surface area contributed by atoms with E-state index >= 15 is 0 Å². The fraction of sp³-hybridized carbons (Fsp3) is 0.381.